The Kier molecular flexibility index (Phi) is 5.27. The molecular weight excluding hydrogens is 434 g/mol. The number of nitriles is 1. The van der Waals surface area contributed by atoms with Gasteiger partial charge < -0.3 is 10.6 Å². The lowest BCUT2D eigenvalue weighted by molar-refractivity contribution is 0.187. The highest BCUT2D eigenvalue weighted by Gasteiger charge is 2.46. The van der Waals surface area contributed by atoms with Crippen molar-refractivity contribution in [1.82, 2.24) is 9.55 Å². The van der Waals surface area contributed by atoms with E-state index < -0.39 is 0 Å². The number of rotatable bonds is 2. The Labute approximate surface area is 198 Å². The summed E-state index contributed by atoms with van der Waals surface area (Å²) >= 11 is 6.42. The molecule has 1 aliphatic carbocycles. The van der Waals surface area contributed by atoms with Gasteiger partial charge in [0, 0.05) is 19.1 Å². The van der Waals surface area contributed by atoms with Crippen LogP contribution in [0.3, 0.4) is 0 Å². The van der Waals surface area contributed by atoms with Gasteiger partial charge in [-0.15, -0.1) is 0 Å². The van der Waals surface area contributed by atoms with Crippen molar-refractivity contribution in [3.8, 4) is 11.8 Å². The number of nitrogens with two attached hydrogens (primary N) is 1. The van der Waals surface area contributed by atoms with E-state index in [0.717, 1.165) is 38.2 Å². The number of anilines is 1. The molecule has 2 heterocycles. The van der Waals surface area contributed by atoms with Crippen molar-refractivity contribution in [3.63, 3.8) is 0 Å². The lowest BCUT2D eigenvalue weighted by Gasteiger charge is -2.43. The first-order valence-electron chi connectivity index (χ1n) is 11.2. The summed E-state index contributed by atoms with van der Waals surface area (Å²) in [6, 6.07) is 15.7. The quantitative estimate of drug-likeness (QED) is 0.620. The second kappa shape index (κ2) is 8.02. The second-order valence-corrected chi connectivity index (χ2v) is 9.58. The summed E-state index contributed by atoms with van der Waals surface area (Å²) < 4.78 is 1.50. The van der Waals surface area contributed by atoms with Gasteiger partial charge in [0.15, 0.2) is 0 Å². The van der Waals surface area contributed by atoms with Gasteiger partial charge in [0.05, 0.1) is 21.8 Å². The SMILES string of the molecule is Cc1c(N2CCC3(CC2)Cc2ccccc2[C@@H]3N)nc(C)n(-c2cccc(C#N)c2Cl)c1=O. The van der Waals surface area contributed by atoms with E-state index >= 15 is 0 Å². The maximum absolute atomic E-state index is 13.4. The average molecular weight is 460 g/mol. The van der Waals surface area contributed by atoms with E-state index in [1.54, 1.807) is 25.1 Å². The van der Waals surface area contributed by atoms with E-state index in [0.29, 0.717) is 22.6 Å². The highest BCUT2D eigenvalue weighted by Crippen LogP contribution is 2.51. The van der Waals surface area contributed by atoms with Crippen LogP contribution in [0.5, 0.6) is 0 Å². The molecule has 1 saturated heterocycles. The van der Waals surface area contributed by atoms with Crippen LogP contribution in [0.2, 0.25) is 5.02 Å². The van der Waals surface area contributed by atoms with Gasteiger partial charge in [-0.3, -0.25) is 9.36 Å². The van der Waals surface area contributed by atoms with E-state index in [1.165, 1.54) is 15.7 Å². The number of halogens is 1. The molecule has 5 rings (SSSR count). The molecule has 1 atom stereocenters. The zero-order valence-corrected chi connectivity index (χ0v) is 19.6. The van der Waals surface area contributed by atoms with Gasteiger partial charge in [-0.1, -0.05) is 41.9 Å². The summed E-state index contributed by atoms with van der Waals surface area (Å²) in [4.78, 5) is 20.4. The molecule has 0 amide bonds. The normalized spacial score (nSPS) is 18.9. The minimum atomic E-state index is -0.167. The molecule has 3 aromatic rings. The maximum atomic E-state index is 13.4. The molecule has 1 aromatic heterocycles. The van der Waals surface area contributed by atoms with Crippen LogP contribution >= 0.6 is 11.6 Å². The number of aryl methyl sites for hydroxylation is 1. The molecule has 0 unspecified atom stereocenters. The van der Waals surface area contributed by atoms with Crippen molar-refractivity contribution in [3.05, 3.63) is 85.9 Å². The Balaban J connectivity index is 1.45. The topological polar surface area (TPSA) is 87.9 Å². The van der Waals surface area contributed by atoms with Crippen LogP contribution in [-0.2, 0) is 6.42 Å². The van der Waals surface area contributed by atoms with Crippen molar-refractivity contribution in [2.75, 3.05) is 18.0 Å². The zero-order valence-electron chi connectivity index (χ0n) is 18.8. The summed E-state index contributed by atoms with van der Waals surface area (Å²) in [5.74, 6) is 1.27. The average Bonchev–Trinajstić information content (AvgIpc) is 3.09. The molecule has 6 nitrogen and oxygen atoms in total. The number of nitrogens with zero attached hydrogens (tertiary/aromatic N) is 4. The van der Waals surface area contributed by atoms with E-state index in [4.69, 9.17) is 22.3 Å². The fourth-order valence-electron chi connectivity index (χ4n) is 5.54. The van der Waals surface area contributed by atoms with Gasteiger partial charge in [-0.2, -0.15) is 5.26 Å². The van der Waals surface area contributed by atoms with Crippen molar-refractivity contribution >= 4 is 17.4 Å². The fourth-order valence-corrected chi connectivity index (χ4v) is 5.79. The molecular formula is C26H26ClN5O. The Morgan fingerprint density at radius 2 is 1.88 bits per heavy atom. The Morgan fingerprint density at radius 1 is 1.15 bits per heavy atom. The van der Waals surface area contributed by atoms with E-state index in [9.17, 15) is 10.1 Å². The Hall–Kier alpha value is -3.14. The van der Waals surface area contributed by atoms with Crippen molar-refractivity contribution < 1.29 is 0 Å². The van der Waals surface area contributed by atoms with E-state index in [2.05, 4.69) is 35.2 Å². The van der Waals surface area contributed by atoms with E-state index in [1.807, 2.05) is 6.92 Å². The van der Waals surface area contributed by atoms with Crippen LogP contribution in [0.4, 0.5) is 5.82 Å². The first kappa shape index (κ1) is 21.7. The molecule has 0 bridgehead atoms. The third-order valence-electron chi connectivity index (χ3n) is 7.44. The predicted molar refractivity (Wildman–Crippen MR) is 130 cm³/mol. The van der Waals surface area contributed by atoms with Gasteiger partial charge >= 0.3 is 0 Å². The van der Waals surface area contributed by atoms with Crippen LogP contribution in [0.1, 0.15) is 47.0 Å². The lowest BCUT2D eigenvalue weighted by atomic mass is 9.73. The first-order chi connectivity index (χ1) is 15.9. The Bertz CT molecular complexity index is 1350. The van der Waals surface area contributed by atoms with Crippen LogP contribution in [0.25, 0.3) is 5.69 Å². The monoisotopic (exact) mass is 459 g/mol. The van der Waals surface area contributed by atoms with Crippen LogP contribution < -0.4 is 16.2 Å². The second-order valence-electron chi connectivity index (χ2n) is 9.20. The molecule has 1 spiro atoms. The molecule has 33 heavy (non-hydrogen) atoms. The van der Waals surface area contributed by atoms with Gasteiger partial charge in [-0.05, 0) is 61.8 Å². The maximum Gasteiger partial charge on any atom is 0.263 e. The molecule has 2 N–H and O–H groups in total. The minimum Gasteiger partial charge on any atom is -0.356 e. The molecule has 0 saturated carbocycles. The van der Waals surface area contributed by atoms with Crippen LogP contribution in [-0.4, -0.2) is 22.6 Å². The van der Waals surface area contributed by atoms with Gasteiger partial charge in [0.25, 0.3) is 5.56 Å². The van der Waals surface area contributed by atoms with E-state index in [-0.39, 0.29) is 22.0 Å². The fraction of sp³-hybridized carbons (Fsp3) is 0.346. The molecule has 1 fully saturated rings. The summed E-state index contributed by atoms with van der Waals surface area (Å²) in [5, 5.41) is 9.57. The van der Waals surface area contributed by atoms with Crippen LogP contribution in [0.15, 0.2) is 47.3 Å². The Morgan fingerprint density at radius 3 is 2.58 bits per heavy atom. The zero-order chi connectivity index (χ0) is 23.3. The summed E-state index contributed by atoms with van der Waals surface area (Å²) in [6.07, 6.45) is 2.93. The summed E-state index contributed by atoms with van der Waals surface area (Å²) in [6.45, 7) is 5.23. The molecule has 7 heteroatoms. The minimum absolute atomic E-state index is 0.0502. The number of piperidine rings is 1. The van der Waals surface area contributed by atoms with Crippen molar-refractivity contribution in [1.29, 1.82) is 5.26 Å². The van der Waals surface area contributed by atoms with Gasteiger partial charge in [0.2, 0.25) is 0 Å². The highest BCUT2D eigenvalue weighted by molar-refractivity contribution is 6.33. The first-order valence-corrected chi connectivity index (χ1v) is 11.6. The number of fused-ring (bicyclic) bond motifs is 1. The smallest absolute Gasteiger partial charge is 0.263 e. The molecule has 0 radical (unpaired) electrons. The molecule has 1 aliphatic heterocycles. The highest BCUT2D eigenvalue weighted by atomic mass is 35.5. The number of aromatic nitrogens is 2. The number of benzene rings is 2. The molecule has 168 valence electrons. The summed E-state index contributed by atoms with van der Waals surface area (Å²) in [7, 11) is 0. The lowest BCUT2D eigenvalue weighted by Crippen LogP contribution is -2.45. The third-order valence-corrected chi connectivity index (χ3v) is 7.84. The standard InChI is InChI=1S/C26H26ClN5O/c1-16-24(30-17(2)32(25(16)33)21-9-5-7-19(15-28)22(21)27)31-12-10-26(11-13-31)14-18-6-3-4-8-20(18)23(26)29/h3-9,23H,10-14,29H2,1-2H3/t23-/m0/s1. The van der Waals surface area contributed by atoms with Crippen molar-refractivity contribution in [2.45, 2.75) is 39.2 Å². The van der Waals surface area contributed by atoms with Gasteiger partial charge in [0.1, 0.15) is 17.7 Å². The summed E-state index contributed by atoms with van der Waals surface area (Å²) in [5.41, 5.74) is 10.6. The van der Waals surface area contributed by atoms with Gasteiger partial charge in [-0.25, -0.2) is 4.98 Å². The van der Waals surface area contributed by atoms with Crippen LogP contribution in [0, 0.1) is 30.6 Å². The number of hydrogen-bond donors (Lipinski definition) is 1. The molecule has 2 aromatic carbocycles. The third kappa shape index (κ3) is 3.35. The largest absolute Gasteiger partial charge is 0.356 e. The number of hydrogen-bond acceptors (Lipinski definition) is 5. The molecule has 2 aliphatic rings. The van der Waals surface area contributed by atoms with Crippen molar-refractivity contribution in [2.24, 2.45) is 11.1 Å². The predicted octanol–water partition coefficient (Wildman–Crippen LogP) is 4.22.